The summed E-state index contributed by atoms with van der Waals surface area (Å²) in [5, 5.41) is 11.5. The van der Waals surface area contributed by atoms with Crippen molar-refractivity contribution in [3.8, 4) is 28.8 Å². The molecule has 0 spiro atoms. The first-order valence-electron chi connectivity index (χ1n) is 12.4. The van der Waals surface area contributed by atoms with Crippen molar-refractivity contribution < 1.29 is 28.8 Å². The van der Waals surface area contributed by atoms with Crippen molar-refractivity contribution in [1.29, 1.82) is 0 Å². The molecule has 3 aromatic rings. The van der Waals surface area contributed by atoms with Gasteiger partial charge in [-0.25, -0.2) is 0 Å². The van der Waals surface area contributed by atoms with E-state index in [1.165, 1.54) is 18.8 Å². The van der Waals surface area contributed by atoms with Gasteiger partial charge in [-0.05, 0) is 44.0 Å². The van der Waals surface area contributed by atoms with Crippen LogP contribution in [0.3, 0.4) is 0 Å². The van der Waals surface area contributed by atoms with E-state index in [9.17, 15) is 14.7 Å². The molecule has 1 aromatic heterocycles. The van der Waals surface area contributed by atoms with Gasteiger partial charge in [-0.3, -0.25) is 14.2 Å². The Morgan fingerprint density at radius 3 is 2.29 bits per heavy atom. The topological polar surface area (TPSA) is 112 Å². The van der Waals surface area contributed by atoms with E-state index < -0.39 is 22.9 Å². The van der Waals surface area contributed by atoms with Crippen molar-refractivity contribution in [2.24, 2.45) is 0 Å². The summed E-state index contributed by atoms with van der Waals surface area (Å²) in [5.41, 5.74) is 0.0323. The standard InChI is InChI=1S/C28H33N3O7/c1-17(2)38-16-23-29-26(32)24(28(34)31(23)25-21(36-4)11-8-12-22(25)37-5)27(33)30-14-13-18(15-30)19-9-6-7-10-20(19)35-3/h6-12,17-18,34H,13-16H2,1-5H3. The maximum Gasteiger partial charge on any atom is 0.289 e. The molecule has 0 radical (unpaired) electrons. The number of para-hydroxylation sites is 2. The minimum absolute atomic E-state index is 0.0282. The van der Waals surface area contributed by atoms with Gasteiger partial charge >= 0.3 is 0 Å². The van der Waals surface area contributed by atoms with Gasteiger partial charge in [0.1, 0.15) is 35.4 Å². The lowest BCUT2D eigenvalue weighted by Crippen LogP contribution is -2.35. The number of aromatic hydroxyl groups is 1. The van der Waals surface area contributed by atoms with Crippen molar-refractivity contribution in [2.75, 3.05) is 34.4 Å². The molecule has 10 heteroatoms. The zero-order valence-electron chi connectivity index (χ0n) is 22.3. The predicted molar refractivity (Wildman–Crippen MR) is 141 cm³/mol. The van der Waals surface area contributed by atoms with Gasteiger partial charge in [-0.15, -0.1) is 0 Å². The summed E-state index contributed by atoms with van der Waals surface area (Å²) in [6, 6.07) is 12.8. The second-order valence-electron chi connectivity index (χ2n) is 9.22. The number of nitrogens with zero attached hydrogens (tertiary/aromatic N) is 3. The van der Waals surface area contributed by atoms with Gasteiger partial charge in [-0.1, -0.05) is 24.3 Å². The van der Waals surface area contributed by atoms with Gasteiger partial charge in [0.25, 0.3) is 11.5 Å². The minimum Gasteiger partial charge on any atom is -0.496 e. The molecule has 2 heterocycles. The Morgan fingerprint density at radius 2 is 1.66 bits per heavy atom. The van der Waals surface area contributed by atoms with Crippen molar-refractivity contribution in [1.82, 2.24) is 14.5 Å². The predicted octanol–water partition coefficient (Wildman–Crippen LogP) is 3.52. The number of likely N-dealkylation sites (tertiary alicyclic amines) is 1. The van der Waals surface area contributed by atoms with E-state index in [0.717, 1.165) is 11.3 Å². The van der Waals surface area contributed by atoms with Crippen LogP contribution in [0.2, 0.25) is 0 Å². The maximum absolute atomic E-state index is 13.7. The van der Waals surface area contributed by atoms with Gasteiger partial charge in [0, 0.05) is 19.0 Å². The second kappa shape index (κ2) is 11.6. The molecule has 1 fully saturated rings. The van der Waals surface area contributed by atoms with E-state index in [2.05, 4.69) is 4.98 Å². The van der Waals surface area contributed by atoms with Gasteiger partial charge in [0.05, 0.1) is 27.4 Å². The van der Waals surface area contributed by atoms with E-state index in [0.29, 0.717) is 36.7 Å². The van der Waals surface area contributed by atoms with Crippen LogP contribution in [0.5, 0.6) is 23.1 Å². The van der Waals surface area contributed by atoms with Crippen LogP contribution in [0.25, 0.3) is 5.69 Å². The first kappa shape index (κ1) is 27.0. The number of amides is 1. The Morgan fingerprint density at radius 1 is 1.03 bits per heavy atom. The quantitative estimate of drug-likeness (QED) is 0.454. The van der Waals surface area contributed by atoms with Crippen LogP contribution in [-0.2, 0) is 11.3 Å². The van der Waals surface area contributed by atoms with Crippen LogP contribution in [-0.4, -0.2) is 66.0 Å². The first-order chi connectivity index (χ1) is 18.3. The molecule has 10 nitrogen and oxygen atoms in total. The van der Waals surface area contributed by atoms with Gasteiger partial charge in [0.15, 0.2) is 5.56 Å². The lowest BCUT2D eigenvalue weighted by atomic mass is 9.97. The summed E-state index contributed by atoms with van der Waals surface area (Å²) >= 11 is 0. The highest BCUT2D eigenvalue weighted by molar-refractivity contribution is 5.96. The molecule has 1 N–H and O–H groups in total. The van der Waals surface area contributed by atoms with Crippen LogP contribution in [0.1, 0.15) is 47.9 Å². The number of carbonyl (C=O) groups excluding carboxylic acids is 1. The zero-order chi connectivity index (χ0) is 27.4. The van der Waals surface area contributed by atoms with Crippen LogP contribution >= 0.6 is 0 Å². The van der Waals surface area contributed by atoms with Crippen molar-refractivity contribution in [2.45, 2.75) is 38.9 Å². The number of benzene rings is 2. The zero-order valence-corrected chi connectivity index (χ0v) is 22.3. The minimum atomic E-state index is -0.833. The van der Waals surface area contributed by atoms with Gasteiger partial charge in [0.2, 0.25) is 5.88 Å². The molecule has 2 aromatic carbocycles. The normalized spacial score (nSPS) is 15.1. The summed E-state index contributed by atoms with van der Waals surface area (Å²) in [4.78, 5) is 32.6. The molecule has 1 aliphatic rings. The number of methoxy groups -OCH3 is 3. The molecule has 4 rings (SSSR count). The SMILES string of the molecule is COc1ccccc1C1CCN(C(=O)c2c(O)n(-c3c(OC)cccc3OC)c(COC(C)C)nc2=O)C1. The molecule has 202 valence electrons. The van der Waals surface area contributed by atoms with E-state index >= 15 is 0 Å². The number of hydrogen-bond acceptors (Lipinski definition) is 8. The molecule has 1 amide bonds. The van der Waals surface area contributed by atoms with E-state index in [1.54, 1.807) is 30.2 Å². The monoisotopic (exact) mass is 523 g/mol. The maximum atomic E-state index is 13.7. The third-order valence-corrected chi connectivity index (χ3v) is 6.58. The number of aromatic nitrogens is 2. The molecule has 1 aliphatic heterocycles. The number of rotatable bonds is 9. The first-order valence-corrected chi connectivity index (χ1v) is 12.4. The van der Waals surface area contributed by atoms with E-state index in [1.807, 2.05) is 38.1 Å². The Balaban J connectivity index is 1.79. The second-order valence-corrected chi connectivity index (χ2v) is 9.22. The summed E-state index contributed by atoms with van der Waals surface area (Å²) < 4.78 is 23.6. The summed E-state index contributed by atoms with van der Waals surface area (Å²) in [6.07, 6.45) is 0.523. The molecular formula is C28H33N3O7. The Bertz CT molecular complexity index is 1350. The van der Waals surface area contributed by atoms with Crippen molar-refractivity contribution in [3.63, 3.8) is 0 Å². The van der Waals surface area contributed by atoms with Crippen LogP contribution < -0.4 is 19.8 Å². The summed E-state index contributed by atoms with van der Waals surface area (Å²) in [5.74, 6) is 0.432. The largest absolute Gasteiger partial charge is 0.496 e. The Hall–Kier alpha value is -4.05. The smallest absolute Gasteiger partial charge is 0.289 e. The number of ether oxygens (including phenoxy) is 4. The number of hydrogen-bond donors (Lipinski definition) is 1. The van der Waals surface area contributed by atoms with Crippen molar-refractivity contribution >= 4 is 5.91 Å². The summed E-state index contributed by atoms with van der Waals surface area (Å²) in [7, 11) is 4.56. The van der Waals surface area contributed by atoms with Crippen LogP contribution in [0.4, 0.5) is 0 Å². The lowest BCUT2D eigenvalue weighted by Gasteiger charge is -2.23. The molecule has 0 bridgehead atoms. The fourth-order valence-corrected chi connectivity index (χ4v) is 4.73. The average molecular weight is 524 g/mol. The molecule has 1 unspecified atom stereocenters. The van der Waals surface area contributed by atoms with Crippen LogP contribution in [0, 0.1) is 0 Å². The average Bonchev–Trinajstić information content (AvgIpc) is 3.41. The summed E-state index contributed by atoms with van der Waals surface area (Å²) in [6.45, 7) is 4.38. The Kier molecular flexibility index (Phi) is 8.21. The molecule has 0 saturated carbocycles. The lowest BCUT2D eigenvalue weighted by molar-refractivity contribution is 0.0590. The third-order valence-electron chi connectivity index (χ3n) is 6.58. The Labute approximate surface area is 221 Å². The van der Waals surface area contributed by atoms with Gasteiger partial charge in [-0.2, -0.15) is 4.98 Å². The molecule has 38 heavy (non-hydrogen) atoms. The van der Waals surface area contributed by atoms with Crippen LogP contribution in [0.15, 0.2) is 47.3 Å². The molecule has 1 atom stereocenters. The van der Waals surface area contributed by atoms with E-state index in [4.69, 9.17) is 18.9 Å². The fourth-order valence-electron chi connectivity index (χ4n) is 4.73. The highest BCUT2D eigenvalue weighted by Gasteiger charge is 2.34. The number of carbonyl (C=O) groups is 1. The third kappa shape index (κ3) is 5.17. The highest BCUT2D eigenvalue weighted by atomic mass is 16.5. The van der Waals surface area contributed by atoms with E-state index in [-0.39, 0.29) is 24.5 Å². The molecule has 1 saturated heterocycles. The molecule has 0 aliphatic carbocycles. The van der Waals surface area contributed by atoms with Crippen molar-refractivity contribution in [3.05, 3.63) is 69.8 Å². The fraction of sp³-hybridized carbons (Fsp3) is 0.393. The molecular weight excluding hydrogens is 490 g/mol. The van der Waals surface area contributed by atoms with Gasteiger partial charge < -0.3 is 29.0 Å². The highest BCUT2D eigenvalue weighted by Crippen LogP contribution is 2.38.